The Bertz CT molecular complexity index is 929. The van der Waals surface area contributed by atoms with Gasteiger partial charge in [0.25, 0.3) is 5.09 Å². The number of aliphatic hydroxyl groups excluding tert-OH is 3. The molecule has 0 spiro atoms. The third kappa shape index (κ3) is 13.8. The van der Waals surface area contributed by atoms with E-state index in [-0.39, 0.29) is 37.4 Å². The van der Waals surface area contributed by atoms with Gasteiger partial charge in [-0.1, -0.05) is 54.8 Å². The fourth-order valence-corrected chi connectivity index (χ4v) is 4.72. The van der Waals surface area contributed by atoms with Crippen LogP contribution >= 0.6 is 11.6 Å². The molecule has 1 aromatic rings. The number of carbonyl (C=O) groups is 1. The van der Waals surface area contributed by atoms with Gasteiger partial charge in [-0.05, 0) is 56.2 Å². The second-order valence-electron chi connectivity index (χ2n) is 9.75. The van der Waals surface area contributed by atoms with Crippen molar-refractivity contribution in [3.8, 4) is 5.75 Å². The molecule has 1 amide bonds. The number of unbranched alkanes of at least 4 members (excludes halogenated alkanes) is 4. The van der Waals surface area contributed by atoms with Crippen molar-refractivity contribution in [1.82, 2.24) is 5.32 Å². The molecule has 0 bridgehead atoms. The van der Waals surface area contributed by atoms with E-state index in [1.54, 1.807) is 36.4 Å². The van der Waals surface area contributed by atoms with Crippen LogP contribution in [-0.2, 0) is 9.63 Å². The highest BCUT2D eigenvalue weighted by molar-refractivity contribution is 6.30. The number of benzene rings is 1. The molecule has 11 heteroatoms. The van der Waals surface area contributed by atoms with E-state index in [9.17, 15) is 30.2 Å². The highest BCUT2D eigenvalue weighted by atomic mass is 35.5. The normalized spacial score (nSPS) is 21.8. The van der Waals surface area contributed by atoms with Crippen molar-refractivity contribution in [3.63, 3.8) is 0 Å². The van der Waals surface area contributed by atoms with Gasteiger partial charge in [0.05, 0.1) is 18.8 Å². The van der Waals surface area contributed by atoms with Gasteiger partial charge in [-0.2, -0.15) is 0 Å². The highest BCUT2D eigenvalue weighted by Crippen LogP contribution is 2.36. The van der Waals surface area contributed by atoms with E-state index in [1.807, 2.05) is 12.2 Å². The van der Waals surface area contributed by atoms with E-state index < -0.39 is 23.4 Å². The number of nitrogens with zero attached hydrogens (tertiary/aromatic N) is 1. The van der Waals surface area contributed by atoms with Crippen LogP contribution in [0.5, 0.6) is 5.75 Å². The molecule has 0 aromatic heterocycles. The number of hydrogen-bond acceptors (Lipinski definition) is 8. The largest absolute Gasteiger partial charge is 0.491 e. The Labute approximate surface area is 234 Å². The Hall–Kier alpha value is -2.66. The highest BCUT2D eigenvalue weighted by Gasteiger charge is 2.39. The summed E-state index contributed by atoms with van der Waals surface area (Å²) in [7, 11) is 0. The molecule has 1 aliphatic carbocycles. The van der Waals surface area contributed by atoms with Crippen LogP contribution in [-0.4, -0.2) is 64.4 Å². The van der Waals surface area contributed by atoms with Gasteiger partial charge in [0.2, 0.25) is 5.91 Å². The lowest BCUT2D eigenvalue weighted by Gasteiger charge is -2.19. The van der Waals surface area contributed by atoms with Crippen LogP contribution in [0.15, 0.2) is 48.6 Å². The van der Waals surface area contributed by atoms with E-state index in [1.165, 1.54) is 0 Å². The lowest BCUT2D eigenvalue weighted by molar-refractivity contribution is -0.757. The molecule has 0 saturated heterocycles. The number of halogens is 1. The minimum absolute atomic E-state index is 0.00229. The molecule has 1 aliphatic rings. The maximum atomic E-state index is 12.0. The monoisotopic (exact) mass is 568 g/mol. The molecule has 218 valence electrons. The van der Waals surface area contributed by atoms with E-state index in [2.05, 4.69) is 10.2 Å². The predicted molar refractivity (Wildman–Crippen MR) is 148 cm³/mol. The summed E-state index contributed by atoms with van der Waals surface area (Å²) in [5, 5.41) is 43.8. The maximum Gasteiger partial charge on any atom is 0.294 e. The van der Waals surface area contributed by atoms with Gasteiger partial charge in [0.15, 0.2) is 0 Å². The molecule has 5 atom stereocenters. The summed E-state index contributed by atoms with van der Waals surface area (Å²) in [5.41, 5.74) is 0. The van der Waals surface area contributed by atoms with Crippen LogP contribution in [0.1, 0.15) is 57.8 Å². The number of amides is 1. The first-order chi connectivity index (χ1) is 18.8. The summed E-state index contributed by atoms with van der Waals surface area (Å²) < 4.78 is 5.55. The maximum absolute atomic E-state index is 12.0. The number of hydrogen-bond donors (Lipinski definition) is 4. The minimum atomic E-state index is -0.869. The van der Waals surface area contributed by atoms with Crippen LogP contribution in [0.25, 0.3) is 0 Å². The van der Waals surface area contributed by atoms with Crippen molar-refractivity contribution in [1.29, 1.82) is 0 Å². The number of nitrogens with one attached hydrogen (secondary N) is 1. The molecule has 0 aliphatic heterocycles. The number of aliphatic hydroxyl groups is 3. The second kappa shape index (κ2) is 18.6. The van der Waals surface area contributed by atoms with Gasteiger partial charge in [0, 0.05) is 30.3 Å². The molecule has 1 aromatic carbocycles. The zero-order valence-electron chi connectivity index (χ0n) is 22.2. The molecule has 2 rings (SSSR count). The summed E-state index contributed by atoms with van der Waals surface area (Å²) in [4.78, 5) is 26.3. The van der Waals surface area contributed by atoms with Crippen LogP contribution in [0.3, 0.4) is 0 Å². The number of allylic oxidation sites excluding steroid dienone is 2. The van der Waals surface area contributed by atoms with Crippen LogP contribution in [0.4, 0.5) is 0 Å². The summed E-state index contributed by atoms with van der Waals surface area (Å²) in [5.74, 6) is 0.111. The molecular formula is C28H41ClN2O8. The summed E-state index contributed by atoms with van der Waals surface area (Å²) in [6.07, 6.45) is 11.0. The van der Waals surface area contributed by atoms with Crippen molar-refractivity contribution in [3.05, 3.63) is 63.7 Å². The fourth-order valence-electron chi connectivity index (χ4n) is 4.54. The summed E-state index contributed by atoms with van der Waals surface area (Å²) >= 11 is 5.93. The molecule has 0 radical (unpaired) electrons. The average Bonchev–Trinajstić information content (AvgIpc) is 3.16. The molecule has 10 nitrogen and oxygen atoms in total. The zero-order valence-corrected chi connectivity index (χ0v) is 23.0. The first kappa shape index (κ1) is 32.6. The summed E-state index contributed by atoms with van der Waals surface area (Å²) in [6, 6.07) is 6.91. The molecule has 1 saturated carbocycles. The standard InChI is InChI=1S/C28H41ClN2O8/c29-21-10-9-11-23(18-21)38-20-22(32)14-15-25-24(26(33)19-27(25)34)12-5-1-2-6-13-28(35)30-16-7-3-4-8-17-39-31(36)37/h1,5,9-11,14-15,18,22,24-27,32-34H,2-4,6-8,12-13,16-17,19-20H2,(H,30,35)/t22-,24-,25-,26+,27-/m1/s1. The van der Waals surface area contributed by atoms with Crippen molar-refractivity contribution in [2.45, 2.75) is 76.1 Å². The van der Waals surface area contributed by atoms with E-state index in [0.717, 1.165) is 25.7 Å². The van der Waals surface area contributed by atoms with Crippen molar-refractivity contribution >= 4 is 17.5 Å². The summed E-state index contributed by atoms with van der Waals surface area (Å²) in [6.45, 7) is 0.736. The van der Waals surface area contributed by atoms with Gasteiger partial charge in [-0.15, -0.1) is 10.1 Å². The van der Waals surface area contributed by atoms with Crippen molar-refractivity contribution in [2.24, 2.45) is 11.8 Å². The smallest absolute Gasteiger partial charge is 0.294 e. The van der Waals surface area contributed by atoms with Crippen molar-refractivity contribution in [2.75, 3.05) is 19.8 Å². The Morgan fingerprint density at radius 3 is 2.74 bits per heavy atom. The number of carbonyl (C=O) groups excluding carboxylic acids is 1. The number of rotatable bonds is 19. The molecule has 0 unspecified atom stereocenters. The van der Waals surface area contributed by atoms with Gasteiger partial charge in [0.1, 0.15) is 18.5 Å². The molecule has 1 fully saturated rings. The fraction of sp³-hybridized carbons (Fsp3) is 0.607. The first-order valence-electron chi connectivity index (χ1n) is 13.6. The van der Waals surface area contributed by atoms with E-state index in [4.69, 9.17) is 16.3 Å². The third-order valence-electron chi connectivity index (χ3n) is 6.63. The molecule has 0 heterocycles. The molecule has 39 heavy (non-hydrogen) atoms. The van der Waals surface area contributed by atoms with E-state index in [0.29, 0.717) is 43.0 Å². The lowest BCUT2D eigenvalue weighted by atomic mass is 9.89. The molecular weight excluding hydrogens is 528 g/mol. The van der Waals surface area contributed by atoms with Crippen molar-refractivity contribution < 1.29 is 34.8 Å². The van der Waals surface area contributed by atoms with Gasteiger partial charge >= 0.3 is 0 Å². The van der Waals surface area contributed by atoms with Gasteiger partial charge in [-0.25, -0.2) is 0 Å². The number of ether oxygens (including phenoxy) is 1. The van der Waals surface area contributed by atoms with Gasteiger partial charge < -0.3 is 30.2 Å². The third-order valence-corrected chi connectivity index (χ3v) is 6.86. The SMILES string of the molecule is O=C(CCCC=CC[C@@H]1[C@@H](C=C[C@@H](O)COc2cccc(Cl)c2)[C@H](O)C[C@@H]1O)NCCCCCCO[N+](=O)[O-]. The topological polar surface area (TPSA) is 151 Å². The first-order valence-corrected chi connectivity index (χ1v) is 13.9. The Kier molecular flexibility index (Phi) is 15.5. The predicted octanol–water partition coefficient (Wildman–Crippen LogP) is 4.00. The van der Waals surface area contributed by atoms with Gasteiger partial charge in [-0.3, -0.25) is 4.79 Å². The minimum Gasteiger partial charge on any atom is -0.491 e. The van der Waals surface area contributed by atoms with E-state index >= 15 is 0 Å². The Morgan fingerprint density at radius 1 is 1.18 bits per heavy atom. The van der Waals surface area contributed by atoms with Crippen LogP contribution in [0.2, 0.25) is 5.02 Å². The van der Waals surface area contributed by atoms with Crippen LogP contribution < -0.4 is 10.1 Å². The average molecular weight is 569 g/mol. The Balaban J connectivity index is 1.61. The second-order valence-corrected chi connectivity index (χ2v) is 10.2. The molecule has 4 N–H and O–H groups in total. The van der Waals surface area contributed by atoms with Crippen LogP contribution in [0, 0.1) is 22.0 Å². The Morgan fingerprint density at radius 2 is 1.97 bits per heavy atom. The zero-order chi connectivity index (χ0) is 28.5. The lowest BCUT2D eigenvalue weighted by Crippen LogP contribution is -2.23. The quantitative estimate of drug-likeness (QED) is 0.0846.